The molecule has 0 heterocycles. The van der Waals surface area contributed by atoms with Crippen molar-refractivity contribution in [3.05, 3.63) is 35.9 Å². The fraction of sp³-hybridized carbons (Fsp3) is 0.385. The molecule has 0 radical (unpaired) electrons. The van der Waals surface area contributed by atoms with Crippen LogP contribution >= 0.6 is 0 Å². The van der Waals surface area contributed by atoms with Gasteiger partial charge in [-0.2, -0.15) is 0 Å². The Hall–Kier alpha value is -2.08. The van der Waals surface area contributed by atoms with Crippen molar-refractivity contribution in [1.82, 2.24) is 10.2 Å². The lowest BCUT2D eigenvalue weighted by atomic mass is 10.2. The number of carbonyl (C=O) groups is 2. The van der Waals surface area contributed by atoms with Crippen LogP contribution in [0.2, 0.25) is 0 Å². The van der Waals surface area contributed by atoms with Gasteiger partial charge in [0, 0.05) is 13.1 Å². The molecule has 0 aliphatic carbocycles. The molecule has 0 saturated carbocycles. The van der Waals surface area contributed by atoms with Crippen molar-refractivity contribution in [3.63, 3.8) is 0 Å². The van der Waals surface area contributed by atoms with Crippen LogP contribution < -0.4 is 5.32 Å². The van der Waals surface area contributed by atoms with Crippen LogP contribution in [-0.2, 0) is 11.3 Å². The van der Waals surface area contributed by atoms with E-state index in [0.29, 0.717) is 6.54 Å². The number of hydrogen-bond donors (Lipinski definition) is 3. The van der Waals surface area contributed by atoms with Gasteiger partial charge < -0.3 is 20.4 Å². The number of amides is 2. The van der Waals surface area contributed by atoms with Crippen molar-refractivity contribution in [2.45, 2.75) is 19.5 Å². The summed E-state index contributed by atoms with van der Waals surface area (Å²) < 4.78 is 0. The summed E-state index contributed by atoms with van der Waals surface area (Å²) in [5.41, 5.74) is 0.911. The summed E-state index contributed by atoms with van der Waals surface area (Å²) in [4.78, 5) is 24.0. The van der Waals surface area contributed by atoms with Crippen LogP contribution in [-0.4, -0.2) is 46.3 Å². The second-order valence-electron chi connectivity index (χ2n) is 4.14. The van der Waals surface area contributed by atoms with E-state index in [1.165, 1.54) is 11.8 Å². The van der Waals surface area contributed by atoms with Crippen molar-refractivity contribution >= 4 is 12.0 Å². The van der Waals surface area contributed by atoms with Crippen LogP contribution in [0.15, 0.2) is 30.3 Å². The molecule has 1 rings (SSSR count). The fourth-order valence-corrected chi connectivity index (χ4v) is 1.52. The Morgan fingerprint density at radius 1 is 1.32 bits per heavy atom. The third-order valence-corrected chi connectivity index (χ3v) is 2.58. The Labute approximate surface area is 111 Å². The number of aliphatic carboxylic acids is 1. The highest BCUT2D eigenvalue weighted by atomic mass is 16.4. The Bertz CT molecular complexity index is 422. The second-order valence-corrected chi connectivity index (χ2v) is 4.14. The van der Waals surface area contributed by atoms with E-state index in [9.17, 15) is 9.59 Å². The van der Waals surface area contributed by atoms with E-state index < -0.39 is 18.0 Å². The van der Waals surface area contributed by atoms with Crippen LogP contribution in [0, 0.1) is 0 Å². The molecule has 2 amide bonds. The molecule has 0 fully saturated rings. The summed E-state index contributed by atoms with van der Waals surface area (Å²) in [5, 5.41) is 20.1. The molecule has 1 aromatic rings. The van der Waals surface area contributed by atoms with E-state index in [-0.39, 0.29) is 13.2 Å². The highest BCUT2D eigenvalue weighted by Crippen LogP contribution is 2.04. The van der Waals surface area contributed by atoms with Crippen LogP contribution in [0.4, 0.5) is 4.79 Å². The van der Waals surface area contributed by atoms with E-state index >= 15 is 0 Å². The first-order chi connectivity index (χ1) is 9.04. The predicted octanol–water partition coefficient (Wildman–Crippen LogP) is 0.664. The van der Waals surface area contributed by atoms with E-state index in [1.54, 1.807) is 0 Å². The molecular formula is C13H18N2O4. The molecule has 1 aromatic carbocycles. The maximum absolute atomic E-state index is 11.9. The molecular weight excluding hydrogens is 248 g/mol. The highest BCUT2D eigenvalue weighted by Gasteiger charge is 2.19. The van der Waals surface area contributed by atoms with Crippen LogP contribution in [0.3, 0.4) is 0 Å². The van der Waals surface area contributed by atoms with E-state index in [1.807, 2.05) is 30.3 Å². The van der Waals surface area contributed by atoms with Gasteiger partial charge in [-0.3, -0.25) is 4.79 Å². The van der Waals surface area contributed by atoms with Crippen LogP contribution in [0.1, 0.15) is 12.5 Å². The zero-order chi connectivity index (χ0) is 14.3. The first-order valence-corrected chi connectivity index (χ1v) is 5.97. The number of benzene rings is 1. The summed E-state index contributed by atoms with van der Waals surface area (Å²) in [6.45, 7) is 1.67. The lowest BCUT2D eigenvalue weighted by Crippen LogP contribution is -2.47. The summed E-state index contributed by atoms with van der Waals surface area (Å²) >= 11 is 0. The van der Waals surface area contributed by atoms with Gasteiger partial charge in [0.15, 0.2) is 0 Å². The molecule has 6 nitrogen and oxygen atoms in total. The van der Waals surface area contributed by atoms with E-state index in [0.717, 1.165) is 5.56 Å². The van der Waals surface area contributed by atoms with Crippen molar-refractivity contribution in [2.24, 2.45) is 0 Å². The van der Waals surface area contributed by atoms with Gasteiger partial charge in [0.1, 0.15) is 6.04 Å². The number of rotatable bonds is 6. The minimum atomic E-state index is -1.10. The fourth-order valence-electron chi connectivity index (χ4n) is 1.52. The Morgan fingerprint density at radius 3 is 2.47 bits per heavy atom. The number of carbonyl (C=O) groups excluding carboxylic acids is 1. The second kappa shape index (κ2) is 7.38. The van der Waals surface area contributed by atoms with Gasteiger partial charge in [-0.15, -0.1) is 0 Å². The Kier molecular flexibility index (Phi) is 5.81. The monoisotopic (exact) mass is 266 g/mol. The first kappa shape index (κ1) is 15.0. The van der Waals surface area contributed by atoms with Gasteiger partial charge in [0.2, 0.25) is 0 Å². The lowest BCUT2D eigenvalue weighted by molar-refractivity contribution is -0.138. The van der Waals surface area contributed by atoms with Crippen molar-refractivity contribution in [1.29, 1.82) is 0 Å². The normalized spacial score (nSPS) is 11.7. The van der Waals surface area contributed by atoms with Crippen molar-refractivity contribution < 1.29 is 19.8 Å². The summed E-state index contributed by atoms with van der Waals surface area (Å²) in [7, 11) is 0. The number of urea groups is 1. The average molecular weight is 266 g/mol. The zero-order valence-corrected chi connectivity index (χ0v) is 10.7. The number of nitrogens with zero attached hydrogens (tertiary/aromatic N) is 1. The number of hydrogen-bond acceptors (Lipinski definition) is 3. The van der Waals surface area contributed by atoms with Gasteiger partial charge in [0.25, 0.3) is 0 Å². The quantitative estimate of drug-likeness (QED) is 0.705. The van der Waals surface area contributed by atoms with Gasteiger partial charge in [0.05, 0.1) is 6.61 Å². The first-order valence-electron chi connectivity index (χ1n) is 5.97. The topological polar surface area (TPSA) is 89.9 Å². The molecule has 0 saturated heterocycles. The lowest BCUT2D eigenvalue weighted by Gasteiger charge is -2.23. The maximum Gasteiger partial charge on any atom is 0.325 e. The highest BCUT2D eigenvalue weighted by molar-refractivity contribution is 5.82. The third kappa shape index (κ3) is 4.97. The molecule has 3 N–H and O–H groups in total. The van der Waals surface area contributed by atoms with Gasteiger partial charge in [-0.1, -0.05) is 30.3 Å². The summed E-state index contributed by atoms with van der Waals surface area (Å²) in [6, 6.07) is 7.81. The molecule has 0 bridgehead atoms. The zero-order valence-electron chi connectivity index (χ0n) is 10.7. The van der Waals surface area contributed by atoms with Gasteiger partial charge in [-0.05, 0) is 12.5 Å². The summed E-state index contributed by atoms with van der Waals surface area (Å²) in [6.07, 6.45) is 0. The molecule has 1 atom stereocenters. The average Bonchev–Trinajstić information content (AvgIpc) is 2.39. The largest absolute Gasteiger partial charge is 0.480 e. The smallest absolute Gasteiger partial charge is 0.325 e. The standard InChI is InChI=1S/C13H18N2O4/c1-10(12(17)18)14-13(19)15(7-8-16)9-11-5-3-2-4-6-11/h2-6,10,16H,7-9H2,1H3,(H,14,19)(H,17,18). The minimum absolute atomic E-state index is 0.146. The van der Waals surface area contributed by atoms with Gasteiger partial charge >= 0.3 is 12.0 Å². The maximum atomic E-state index is 11.9. The Balaban J connectivity index is 2.66. The molecule has 19 heavy (non-hydrogen) atoms. The van der Waals surface area contributed by atoms with E-state index in [2.05, 4.69) is 5.32 Å². The van der Waals surface area contributed by atoms with Gasteiger partial charge in [-0.25, -0.2) is 4.79 Å². The van der Waals surface area contributed by atoms with Crippen LogP contribution in [0.25, 0.3) is 0 Å². The number of aliphatic hydroxyl groups excluding tert-OH is 1. The SMILES string of the molecule is CC(NC(=O)N(CCO)Cc1ccccc1)C(=O)O. The van der Waals surface area contributed by atoms with Crippen molar-refractivity contribution in [3.8, 4) is 0 Å². The number of carboxylic acid groups (broad SMARTS) is 1. The van der Waals surface area contributed by atoms with Crippen molar-refractivity contribution in [2.75, 3.05) is 13.2 Å². The molecule has 0 aliphatic heterocycles. The molecule has 0 spiro atoms. The Morgan fingerprint density at radius 2 is 1.95 bits per heavy atom. The van der Waals surface area contributed by atoms with Crippen LogP contribution in [0.5, 0.6) is 0 Å². The third-order valence-electron chi connectivity index (χ3n) is 2.58. The number of carboxylic acids is 1. The number of aliphatic hydroxyl groups is 1. The molecule has 0 aromatic heterocycles. The molecule has 0 aliphatic rings. The summed E-state index contributed by atoms with van der Waals surface area (Å²) in [5.74, 6) is -1.10. The van der Waals surface area contributed by atoms with E-state index in [4.69, 9.17) is 10.2 Å². The minimum Gasteiger partial charge on any atom is -0.480 e. The molecule has 1 unspecified atom stereocenters. The number of nitrogens with one attached hydrogen (secondary N) is 1. The molecule has 6 heteroatoms. The molecule has 104 valence electrons. The predicted molar refractivity (Wildman–Crippen MR) is 69.6 cm³/mol.